The molecule has 1 aliphatic rings. The maximum atomic E-state index is 3.55. The zero-order valence-corrected chi connectivity index (χ0v) is 7.57. The Kier molecular flexibility index (Phi) is 2.04. The van der Waals surface area contributed by atoms with Gasteiger partial charge < -0.3 is 5.32 Å². The van der Waals surface area contributed by atoms with Crippen LogP contribution in [0.1, 0.15) is 34.1 Å². The van der Waals surface area contributed by atoms with Crippen LogP contribution in [-0.2, 0) is 0 Å². The third-order valence-electron chi connectivity index (χ3n) is 2.00. The molecule has 1 heteroatoms. The minimum Gasteiger partial charge on any atom is -0.313 e. The largest absolute Gasteiger partial charge is 0.313 e. The minimum absolute atomic E-state index is 0.447. The Balaban J connectivity index is 2.06. The van der Waals surface area contributed by atoms with Crippen LogP contribution in [0, 0.1) is 11.3 Å². The van der Waals surface area contributed by atoms with Gasteiger partial charge in [-0.3, -0.25) is 0 Å². The van der Waals surface area contributed by atoms with Gasteiger partial charge >= 0.3 is 0 Å². The molecule has 0 saturated heterocycles. The number of rotatable bonds is 2. The fourth-order valence-corrected chi connectivity index (χ4v) is 1.04. The average Bonchev–Trinajstić information content (AvgIpc) is 2.40. The van der Waals surface area contributed by atoms with Crippen molar-refractivity contribution in [3.05, 3.63) is 0 Å². The third-order valence-corrected chi connectivity index (χ3v) is 2.00. The molecule has 0 bridgehead atoms. The minimum atomic E-state index is 0.447. The van der Waals surface area contributed by atoms with E-state index in [1.54, 1.807) is 0 Å². The van der Waals surface area contributed by atoms with Crippen LogP contribution in [-0.4, -0.2) is 12.6 Å². The van der Waals surface area contributed by atoms with E-state index in [2.05, 4.69) is 33.0 Å². The van der Waals surface area contributed by atoms with Crippen molar-refractivity contribution in [3.8, 4) is 0 Å². The van der Waals surface area contributed by atoms with Gasteiger partial charge in [0.15, 0.2) is 0 Å². The first kappa shape index (κ1) is 8.06. The Hall–Kier alpha value is -0.0400. The molecule has 1 saturated carbocycles. The number of nitrogens with one attached hydrogen (secondary N) is 1. The van der Waals surface area contributed by atoms with Crippen molar-refractivity contribution < 1.29 is 0 Å². The monoisotopic (exact) mass is 141 g/mol. The summed E-state index contributed by atoms with van der Waals surface area (Å²) >= 11 is 0. The predicted molar refractivity (Wildman–Crippen MR) is 45.0 cm³/mol. The van der Waals surface area contributed by atoms with Crippen molar-refractivity contribution in [1.82, 2.24) is 5.32 Å². The Morgan fingerprint density at radius 2 is 1.90 bits per heavy atom. The summed E-state index contributed by atoms with van der Waals surface area (Å²) in [6, 6.07) is 0.833. The molecule has 2 atom stereocenters. The first-order chi connectivity index (χ1) is 4.49. The van der Waals surface area contributed by atoms with E-state index in [0.29, 0.717) is 5.41 Å². The molecule has 0 heterocycles. The van der Waals surface area contributed by atoms with Crippen molar-refractivity contribution in [3.63, 3.8) is 0 Å². The molecule has 0 radical (unpaired) electrons. The van der Waals surface area contributed by atoms with E-state index in [0.717, 1.165) is 18.5 Å². The SMILES string of the molecule is CC1CC1NCC(C)(C)C. The van der Waals surface area contributed by atoms with Gasteiger partial charge in [0.2, 0.25) is 0 Å². The van der Waals surface area contributed by atoms with Crippen molar-refractivity contribution in [2.75, 3.05) is 6.54 Å². The summed E-state index contributed by atoms with van der Waals surface area (Å²) < 4.78 is 0. The van der Waals surface area contributed by atoms with Crippen LogP contribution < -0.4 is 5.32 Å². The van der Waals surface area contributed by atoms with Crippen LogP contribution in [0.5, 0.6) is 0 Å². The maximum Gasteiger partial charge on any atom is 0.00966 e. The molecule has 1 aliphatic carbocycles. The summed E-state index contributed by atoms with van der Waals surface area (Å²) in [5.74, 6) is 0.933. The molecule has 0 aromatic heterocycles. The topological polar surface area (TPSA) is 12.0 Å². The molecule has 60 valence electrons. The summed E-state index contributed by atoms with van der Waals surface area (Å²) in [5.41, 5.74) is 0.447. The Morgan fingerprint density at radius 1 is 1.40 bits per heavy atom. The fourth-order valence-electron chi connectivity index (χ4n) is 1.04. The maximum absolute atomic E-state index is 3.55. The van der Waals surface area contributed by atoms with Crippen LogP contribution >= 0.6 is 0 Å². The number of hydrogen-bond donors (Lipinski definition) is 1. The molecule has 1 rings (SSSR count). The van der Waals surface area contributed by atoms with Gasteiger partial charge in [-0.1, -0.05) is 27.7 Å². The first-order valence-corrected chi connectivity index (χ1v) is 4.22. The quantitative estimate of drug-likeness (QED) is 0.620. The van der Waals surface area contributed by atoms with Crippen LogP contribution in [0.4, 0.5) is 0 Å². The third kappa shape index (κ3) is 2.70. The Labute approximate surface area is 64.2 Å². The van der Waals surface area contributed by atoms with Crippen LogP contribution in [0.2, 0.25) is 0 Å². The summed E-state index contributed by atoms with van der Waals surface area (Å²) in [7, 11) is 0. The molecule has 10 heavy (non-hydrogen) atoms. The lowest BCUT2D eigenvalue weighted by atomic mass is 9.97. The molecule has 1 N–H and O–H groups in total. The van der Waals surface area contributed by atoms with Crippen molar-refractivity contribution in [1.29, 1.82) is 0 Å². The second-order valence-corrected chi connectivity index (χ2v) is 4.76. The zero-order valence-electron chi connectivity index (χ0n) is 7.57. The molecule has 0 spiro atoms. The molecule has 1 nitrogen and oxygen atoms in total. The van der Waals surface area contributed by atoms with Crippen LogP contribution in [0.25, 0.3) is 0 Å². The highest BCUT2D eigenvalue weighted by molar-refractivity contribution is 4.90. The van der Waals surface area contributed by atoms with E-state index in [4.69, 9.17) is 0 Å². The second kappa shape index (κ2) is 2.54. The van der Waals surface area contributed by atoms with Gasteiger partial charge in [0.25, 0.3) is 0 Å². The van der Waals surface area contributed by atoms with E-state index in [1.165, 1.54) is 6.42 Å². The van der Waals surface area contributed by atoms with Crippen molar-refractivity contribution >= 4 is 0 Å². The summed E-state index contributed by atoms with van der Waals surface area (Å²) in [6.07, 6.45) is 1.38. The summed E-state index contributed by atoms with van der Waals surface area (Å²) in [6.45, 7) is 10.3. The van der Waals surface area contributed by atoms with Crippen molar-refractivity contribution in [2.24, 2.45) is 11.3 Å². The highest BCUT2D eigenvalue weighted by atomic mass is 15.0. The molecule has 0 amide bonds. The molecular weight excluding hydrogens is 122 g/mol. The highest BCUT2D eigenvalue weighted by Crippen LogP contribution is 2.29. The lowest BCUT2D eigenvalue weighted by Crippen LogP contribution is -2.29. The molecule has 2 unspecified atom stereocenters. The lowest BCUT2D eigenvalue weighted by molar-refractivity contribution is 0.375. The van der Waals surface area contributed by atoms with Crippen LogP contribution in [0.3, 0.4) is 0 Å². The first-order valence-electron chi connectivity index (χ1n) is 4.22. The van der Waals surface area contributed by atoms with E-state index < -0.39 is 0 Å². The molecular formula is C9H19N. The second-order valence-electron chi connectivity index (χ2n) is 4.76. The van der Waals surface area contributed by atoms with Crippen LogP contribution in [0.15, 0.2) is 0 Å². The zero-order chi connectivity index (χ0) is 7.78. The summed E-state index contributed by atoms with van der Waals surface area (Å²) in [4.78, 5) is 0. The Morgan fingerprint density at radius 3 is 2.20 bits per heavy atom. The highest BCUT2D eigenvalue weighted by Gasteiger charge is 2.32. The van der Waals surface area contributed by atoms with Gasteiger partial charge in [0.1, 0.15) is 0 Å². The fraction of sp³-hybridized carbons (Fsp3) is 1.00. The molecule has 0 aliphatic heterocycles. The van der Waals surface area contributed by atoms with Gasteiger partial charge in [0.05, 0.1) is 0 Å². The van der Waals surface area contributed by atoms with E-state index in [-0.39, 0.29) is 0 Å². The normalized spacial score (nSPS) is 32.4. The van der Waals surface area contributed by atoms with E-state index >= 15 is 0 Å². The van der Waals surface area contributed by atoms with E-state index in [1.807, 2.05) is 0 Å². The van der Waals surface area contributed by atoms with Crippen molar-refractivity contribution in [2.45, 2.75) is 40.2 Å². The van der Waals surface area contributed by atoms with Gasteiger partial charge in [-0.15, -0.1) is 0 Å². The summed E-state index contributed by atoms with van der Waals surface area (Å²) in [5, 5.41) is 3.55. The molecule has 1 fully saturated rings. The molecule has 0 aromatic carbocycles. The number of hydrogen-bond acceptors (Lipinski definition) is 1. The van der Waals surface area contributed by atoms with E-state index in [9.17, 15) is 0 Å². The van der Waals surface area contributed by atoms with Gasteiger partial charge in [-0.25, -0.2) is 0 Å². The predicted octanol–water partition coefficient (Wildman–Crippen LogP) is 2.03. The molecule has 0 aromatic rings. The van der Waals surface area contributed by atoms with Gasteiger partial charge in [-0.2, -0.15) is 0 Å². The standard InChI is InChI=1S/C9H19N/c1-7-5-8(7)10-6-9(2,3)4/h7-8,10H,5-6H2,1-4H3. The smallest absolute Gasteiger partial charge is 0.00966 e. The Bertz CT molecular complexity index is 112. The average molecular weight is 141 g/mol. The van der Waals surface area contributed by atoms with Gasteiger partial charge in [0, 0.05) is 12.6 Å². The van der Waals surface area contributed by atoms with Gasteiger partial charge in [-0.05, 0) is 17.8 Å². The lowest BCUT2D eigenvalue weighted by Gasteiger charge is -2.18.